The third kappa shape index (κ3) is 5.45. The Bertz CT molecular complexity index is 255. The first-order valence-corrected chi connectivity index (χ1v) is 6.34. The van der Waals surface area contributed by atoms with Crippen LogP contribution in [0.1, 0.15) is 52.9 Å². The lowest BCUT2D eigenvalue weighted by Gasteiger charge is -2.27. The summed E-state index contributed by atoms with van der Waals surface area (Å²) < 4.78 is 5.74. The van der Waals surface area contributed by atoms with Crippen LogP contribution in [0.25, 0.3) is 0 Å². The van der Waals surface area contributed by atoms with E-state index >= 15 is 0 Å². The normalized spacial score (nSPS) is 26.8. The summed E-state index contributed by atoms with van der Waals surface area (Å²) in [7, 11) is 0. The van der Waals surface area contributed by atoms with E-state index in [0.717, 1.165) is 25.4 Å². The smallest absolute Gasteiger partial charge is 0.130 e. The van der Waals surface area contributed by atoms with E-state index in [2.05, 4.69) is 19.9 Å². The molecule has 0 saturated carbocycles. The Hall–Kier alpha value is -0.630. The lowest BCUT2D eigenvalue weighted by molar-refractivity contribution is -0.116. The molecule has 1 fully saturated rings. The van der Waals surface area contributed by atoms with Gasteiger partial charge in [-0.1, -0.05) is 18.6 Å². The summed E-state index contributed by atoms with van der Waals surface area (Å²) in [5.74, 6) is 1.07. The number of carbonyl (C=O) groups excluding carboxylic acids is 1. The molecule has 0 aromatic rings. The van der Waals surface area contributed by atoms with Gasteiger partial charge in [0.25, 0.3) is 0 Å². The Morgan fingerprint density at radius 1 is 1.44 bits per heavy atom. The van der Waals surface area contributed by atoms with Gasteiger partial charge in [0, 0.05) is 13.0 Å². The molecule has 1 aliphatic heterocycles. The van der Waals surface area contributed by atoms with Crippen LogP contribution in [0.2, 0.25) is 0 Å². The Morgan fingerprint density at radius 3 is 2.81 bits per heavy atom. The Kier molecular flexibility index (Phi) is 5.75. The molecule has 16 heavy (non-hydrogen) atoms. The van der Waals surface area contributed by atoms with Gasteiger partial charge in [0.15, 0.2) is 0 Å². The van der Waals surface area contributed by atoms with Crippen molar-refractivity contribution in [2.24, 2.45) is 5.92 Å². The van der Waals surface area contributed by atoms with Gasteiger partial charge in [-0.05, 0) is 45.4 Å². The van der Waals surface area contributed by atoms with Gasteiger partial charge >= 0.3 is 0 Å². The van der Waals surface area contributed by atoms with Crippen LogP contribution in [0, 0.1) is 5.92 Å². The van der Waals surface area contributed by atoms with Crippen LogP contribution in [0.4, 0.5) is 0 Å². The average Bonchev–Trinajstić information content (AvgIpc) is 2.16. The minimum absolute atomic E-state index is 0.270. The van der Waals surface area contributed by atoms with Crippen LogP contribution in [-0.4, -0.2) is 18.5 Å². The van der Waals surface area contributed by atoms with E-state index in [0.29, 0.717) is 12.5 Å². The average molecular weight is 224 g/mol. The van der Waals surface area contributed by atoms with Gasteiger partial charge in [0.05, 0.1) is 6.10 Å². The van der Waals surface area contributed by atoms with Gasteiger partial charge < -0.3 is 9.53 Å². The van der Waals surface area contributed by atoms with Crippen molar-refractivity contribution in [2.45, 2.75) is 59.0 Å². The summed E-state index contributed by atoms with van der Waals surface area (Å²) in [5, 5.41) is 0. The summed E-state index contributed by atoms with van der Waals surface area (Å²) in [6.45, 7) is 6.99. The maximum atomic E-state index is 10.8. The Labute approximate surface area is 99.1 Å². The van der Waals surface area contributed by atoms with Gasteiger partial charge in [-0.25, -0.2) is 0 Å². The molecule has 1 aliphatic rings. The first-order chi connectivity index (χ1) is 7.58. The number of hydrogen-bond donors (Lipinski definition) is 0. The second-order valence-electron chi connectivity index (χ2n) is 5.12. The molecule has 0 bridgehead atoms. The second kappa shape index (κ2) is 6.85. The van der Waals surface area contributed by atoms with Gasteiger partial charge in [0.2, 0.25) is 0 Å². The van der Waals surface area contributed by atoms with Crippen molar-refractivity contribution >= 4 is 5.78 Å². The molecular weight excluding hydrogens is 200 g/mol. The van der Waals surface area contributed by atoms with Crippen molar-refractivity contribution in [1.82, 2.24) is 0 Å². The van der Waals surface area contributed by atoms with Crippen molar-refractivity contribution in [2.75, 3.05) is 6.61 Å². The standard InChI is InChI=1S/C14H24O2/c1-11(5-4-6-13(3)15)9-14-10-12(2)7-8-16-14/h5,12,14H,4,6-10H2,1-3H3. The van der Waals surface area contributed by atoms with E-state index < -0.39 is 0 Å². The minimum Gasteiger partial charge on any atom is -0.378 e. The second-order valence-corrected chi connectivity index (χ2v) is 5.12. The zero-order chi connectivity index (χ0) is 12.0. The molecular formula is C14H24O2. The molecule has 2 heteroatoms. The molecule has 1 rings (SSSR count). The SMILES string of the molecule is CC(=O)CCC=C(C)CC1CC(C)CCO1. The van der Waals surface area contributed by atoms with Gasteiger partial charge in [-0.15, -0.1) is 0 Å². The summed E-state index contributed by atoms with van der Waals surface area (Å²) in [6, 6.07) is 0. The quantitative estimate of drug-likeness (QED) is 0.668. The van der Waals surface area contributed by atoms with Crippen molar-refractivity contribution in [3.05, 3.63) is 11.6 Å². The van der Waals surface area contributed by atoms with Crippen LogP contribution in [0.15, 0.2) is 11.6 Å². The first kappa shape index (κ1) is 13.4. The van der Waals surface area contributed by atoms with Crippen molar-refractivity contribution in [3.8, 4) is 0 Å². The molecule has 92 valence electrons. The van der Waals surface area contributed by atoms with E-state index in [1.165, 1.54) is 18.4 Å². The molecule has 2 unspecified atom stereocenters. The molecule has 0 amide bonds. The van der Waals surface area contributed by atoms with Crippen LogP contribution in [0.3, 0.4) is 0 Å². The summed E-state index contributed by atoms with van der Waals surface area (Å²) in [6.07, 6.45) is 7.54. The van der Waals surface area contributed by atoms with Crippen molar-refractivity contribution in [3.63, 3.8) is 0 Å². The van der Waals surface area contributed by atoms with Gasteiger partial charge in [-0.2, -0.15) is 0 Å². The fourth-order valence-corrected chi connectivity index (χ4v) is 2.18. The van der Waals surface area contributed by atoms with E-state index in [-0.39, 0.29) is 5.78 Å². The summed E-state index contributed by atoms with van der Waals surface area (Å²) in [4.78, 5) is 10.8. The largest absolute Gasteiger partial charge is 0.378 e. The molecule has 0 aromatic heterocycles. The van der Waals surface area contributed by atoms with Crippen LogP contribution < -0.4 is 0 Å². The van der Waals surface area contributed by atoms with Gasteiger partial charge in [0.1, 0.15) is 5.78 Å². The molecule has 2 atom stereocenters. The highest BCUT2D eigenvalue weighted by Gasteiger charge is 2.19. The van der Waals surface area contributed by atoms with Crippen LogP contribution in [-0.2, 0) is 9.53 Å². The molecule has 0 N–H and O–H groups in total. The van der Waals surface area contributed by atoms with Gasteiger partial charge in [-0.3, -0.25) is 0 Å². The highest BCUT2D eigenvalue weighted by molar-refractivity contribution is 5.75. The zero-order valence-corrected chi connectivity index (χ0v) is 10.8. The maximum Gasteiger partial charge on any atom is 0.130 e. The minimum atomic E-state index is 0.270. The number of rotatable bonds is 5. The van der Waals surface area contributed by atoms with Crippen LogP contribution >= 0.6 is 0 Å². The lowest BCUT2D eigenvalue weighted by atomic mass is 9.94. The number of carbonyl (C=O) groups is 1. The predicted octanol–water partition coefficient (Wildman–Crippen LogP) is 3.51. The number of hydrogen-bond acceptors (Lipinski definition) is 2. The highest BCUT2D eigenvalue weighted by Crippen LogP contribution is 2.23. The molecule has 0 aliphatic carbocycles. The number of ketones is 1. The zero-order valence-electron chi connectivity index (χ0n) is 10.8. The van der Waals surface area contributed by atoms with E-state index in [9.17, 15) is 4.79 Å². The fourth-order valence-electron chi connectivity index (χ4n) is 2.18. The fraction of sp³-hybridized carbons (Fsp3) is 0.786. The number of ether oxygens (including phenoxy) is 1. The third-order valence-corrected chi connectivity index (χ3v) is 3.17. The molecule has 1 saturated heterocycles. The molecule has 0 aromatic carbocycles. The van der Waals surface area contributed by atoms with Crippen LogP contribution in [0.5, 0.6) is 0 Å². The van der Waals surface area contributed by atoms with E-state index in [1.807, 2.05) is 0 Å². The summed E-state index contributed by atoms with van der Waals surface area (Å²) in [5.41, 5.74) is 1.36. The lowest BCUT2D eigenvalue weighted by Crippen LogP contribution is -2.24. The maximum absolute atomic E-state index is 10.8. The van der Waals surface area contributed by atoms with E-state index in [1.54, 1.807) is 6.92 Å². The number of allylic oxidation sites excluding steroid dienone is 1. The van der Waals surface area contributed by atoms with Crippen molar-refractivity contribution in [1.29, 1.82) is 0 Å². The van der Waals surface area contributed by atoms with E-state index in [4.69, 9.17) is 4.74 Å². The third-order valence-electron chi connectivity index (χ3n) is 3.17. The molecule has 0 spiro atoms. The topological polar surface area (TPSA) is 26.3 Å². The van der Waals surface area contributed by atoms with Crippen molar-refractivity contribution < 1.29 is 9.53 Å². The Morgan fingerprint density at radius 2 is 2.19 bits per heavy atom. The predicted molar refractivity (Wildman–Crippen MR) is 66.4 cm³/mol. The highest BCUT2D eigenvalue weighted by atomic mass is 16.5. The monoisotopic (exact) mass is 224 g/mol. The molecule has 1 heterocycles. The molecule has 2 nitrogen and oxygen atoms in total. The number of Topliss-reactive ketones (excluding diaryl/α,β-unsaturated/α-hetero) is 1. The Balaban J connectivity index is 2.26. The summed E-state index contributed by atoms with van der Waals surface area (Å²) >= 11 is 0. The first-order valence-electron chi connectivity index (χ1n) is 6.34. The molecule has 0 radical (unpaired) electrons.